The van der Waals surface area contributed by atoms with Gasteiger partial charge in [-0.15, -0.1) is 0 Å². The normalized spacial score (nSPS) is 10.4. The summed E-state index contributed by atoms with van der Waals surface area (Å²) >= 11 is 0. The minimum absolute atomic E-state index is 0.239. The molecule has 0 aromatic heterocycles. The molecule has 0 aliphatic heterocycles. The summed E-state index contributed by atoms with van der Waals surface area (Å²) in [5, 5.41) is 18.8. The van der Waals surface area contributed by atoms with Gasteiger partial charge in [-0.2, -0.15) is 0 Å². The topological polar surface area (TPSA) is 49.7 Å². The van der Waals surface area contributed by atoms with Gasteiger partial charge in [-0.3, -0.25) is 0 Å². The zero-order valence-corrected chi connectivity index (χ0v) is 12.2. The molecular weight excluding hydrogens is 276 g/mol. The van der Waals surface area contributed by atoms with Gasteiger partial charge in [0.2, 0.25) is 0 Å². The van der Waals surface area contributed by atoms with E-state index in [1.54, 1.807) is 31.4 Å². The van der Waals surface area contributed by atoms with Crippen molar-refractivity contribution in [2.24, 2.45) is 0 Å². The van der Waals surface area contributed by atoms with Crippen molar-refractivity contribution in [3.63, 3.8) is 0 Å². The molecule has 3 heteroatoms. The number of rotatable bonds is 3. The molecule has 0 amide bonds. The molecule has 0 spiro atoms. The van der Waals surface area contributed by atoms with Crippen molar-refractivity contribution in [1.82, 2.24) is 0 Å². The fourth-order valence-corrected chi connectivity index (χ4v) is 2.40. The molecule has 0 atom stereocenters. The Morgan fingerprint density at radius 2 is 1.14 bits per heavy atom. The van der Waals surface area contributed by atoms with Crippen molar-refractivity contribution < 1.29 is 14.9 Å². The molecule has 0 saturated carbocycles. The van der Waals surface area contributed by atoms with Crippen LogP contribution < -0.4 is 4.74 Å². The summed E-state index contributed by atoms with van der Waals surface area (Å²) in [6.07, 6.45) is 0. The van der Waals surface area contributed by atoms with E-state index in [4.69, 9.17) is 4.74 Å². The predicted molar refractivity (Wildman–Crippen MR) is 87.2 cm³/mol. The molecule has 0 fully saturated rings. The average Bonchev–Trinajstić information content (AvgIpc) is 2.56. The second-order valence-corrected chi connectivity index (χ2v) is 5.01. The van der Waals surface area contributed by atoms with Gasteiger partial charge in [-0.25, -0.2) is 0 Å². The standard InChI is InChI=1S/C19H16O3/c1-22-19-12-15(13-2-7-16(20)8-3-13)6-11-18(19)14-4-9-17(21)10-5-14/h2-12,20-21H,1H3. The summed E-state index contributed by atoms with van der Waals surface area (Å²) < 4.78 is 5.50. The van der Waals surface area contributed by atoms with Crippen LogP contribution in [0.3, 0.4) is 0 Å². The van der Waals surface area contributed by atoms with Crippen molar-refractivity contribution in [2.75, 3.05) is 7.11 Å². The van der Waals surface area contributed by atoms with Crippen LogP contribution >= 0.6 is 0 Å². The minimum atomic E-state index is 0.239. The van der Waals surface area contributed by atoms with Crippen molar-refractivity contribution in [1.29, 1.82) is 0 Å². The molecule has 0 radical (unpaired) electrons. The Balaban J connectivity index is 2.04. The Labute approximate surface area is 129 Å². The summed E-state index contributed by atoms with van der Waals surface area (Å²) in [4.78, 5) is 0. The molecule has 3 aromatic carbocycles. The van der Waals surface area contributed by atoms with Gasteiger partial charge in [0.1, 0.15) is 17.2 Å². The van der Waals surface area contributed by atoms with E-state index in [2.05, 4.69) is 0 Å². The largest absolute Gasteiger partial charge is 0.508 e. The highest BCUT2D eigenvalue weighted by atomic mass is 16.5. The number of phenolic OH excluding ortho intramolecular Hbond substituents is 2. The number of aromatic hydroxyl groups is 2. The van der Waals surface area contributed by atoms with Gasteiger partial charge >= 0.3 is 0 Å². The average molecular weight is 292 g/mol. The van der Waals surface area contributed by atoms with Gasteiger partial charge in [0.05, 0.1) is 7.11 Å². The van der Waals surface area contributed by atoms with Crippen molar-refractivity contribution in [2.45, 2.75) is 0 Å². The number of phenols is 2. The third-order valence-corrected chi connectivity index (χ3v) is 3.58. The van der Waals surface area contributed by atoms with Crippen LogP contribution in [0, 0.1) is 0 Å². The third-order valence-electron chi connectivity index (χ3n) is 3.58. The van der Waals surface area contributed by atoms with E-state index in [0.29, 0.717) is 0 Å². The first-order valence-corrected chi connectivity index (χ1v) is 6.94. The first-order valence-electron chi connectivity index (χ1n) is 6.94. The summed E-state index contributed by atoms with van der Waals surface area (Å²) in [6.45, 7) is 0. The maximum absolute atomic E-state index is 9.39. The van der Waals surface area contributed by atoms with E-state index in [-0.39, 0.29) is 11.5 Å². The number of methoxy groups -OCH3 is 1. The first kappa shape index (κ1) is 14.0. The van der Waals surface area contributed by atoms with Crippen LogP contribution in [0.5, 0.6) is 17.2 Å². The van der Waals surface area contributed by atoms with Crippen LogP contribution in [0.4, 0.5) is 0 Å². The van der Waals surface area contributed by atoms with Crippen LogP contribution in [-0.4, -0.2) is 17.3 Å². The van der Waals surface area contributed by atoms with E-state index >= 15 is 0 Å². The van der Waals surface area contributed by atoms with Crippen molar-refractivity contribution in [3.05, 3.63) is 66.7 Å². The van der Waals surface area contributed by atoms with E-state index < -0.39 is 0 Å². The van der Waals surface area contributed by atoms with Gasteiger partial charge in [0.15, 0.2) is 0 Å². The second kappa shape index (κ2) is 5.82. The fraction of sp³-hybridized carbons (Fsp3) is 0.0526. The van der Waals surface area contributed by atoms with Crippen LogP contribution in [0.2, 0.25) is 0 Å². The van der Waals surface area contributed by atoms with E-state index in [9.17, 15) is 10.2 Å². The Bertz CT molecular complexity index is 775. The summed E-state index contributed by atoms with van der Waals surface area (Å²) in [7, 11) is 1.64. The van der Waals surface area contributed by atoms with Gasteiger partial charge in [-0.05, 0) is 47.0 Å². The maximum Gasteiger partial charge on any atom is 0.127 e. The zero-order chi connectivity index (χ0) is 15.5. The van der Waals surface area contributed by atoms with Gasteiger partial charge in [0.25, 0.3) is 0 Å². The molecule has 3 aromatic rings. The highest BCUT2D eigenvalue weighted by Crippen LogP contribution is 2.35. The van der Waals surface area contributed by atoms with Crippen LogP contribution in [-0.2, 0) is 0 Å². The van der Waals surface area contributed by atoms with Crippen molar-refractivity contribution >= 4 is 0 Å². The third kappa shape index (κ3) is 2.74. The summed E-state index contributed by atoms with van der Waals surface area (Å²) in [5.41, 5.74) is 3.96. The molecule has 0 unspecified atom stereocenters. The van der Waals surface area contributed by atoms with Gasteiger partial charge in [-0.1, -0.05) is 36.4 Å². The van der Waals surface area contributed by atoms with Crippen LogP contribution in [0.1, 0.15) is 0 Å². The molecule has 3 rings (SSSR count). The maximum atomic E-state index is 9.39. The lowest BCUT2D eigenvalue weighted by molar-refractivity contribution is 0.416. The molecule has 22 heavy (non-hydrogen) atoms. The SMILES string of the molecule is COc1cc(-c2ccc(O)cc2)ccc1-c1ccc(O)cc1. The molecule has 0 aliphatic rings. The monoisotopic (exact) mass is 292 g/mol. The van der Waals surface area contributed by atoms with E-state index in [1.165, 1.54) is 0 Å². The zero-order valence-electron chi connectivity index (χ0n) is 12.2. The minimum Gasteiger partial charge on any atom is -0.508 e. The Morgan fingerprint density at radius 3 is 1.68 bits per heavy atom. The summed E-state index contributed by atoms with van der Waals surface area (Å²) in [6, 6.07) is 20.0. The Kier molecular flexibility index (Phi) is 3.71. The molecule has 0 bridgehead atoms. The Hall–Kier alpha value is -2.94. The van der Waals surface area contributed by atoms with Crippen molar-refractivity contribution in [3.8, 4) is 39.5 Å². The molecule has 0 aliphatic carbocycles. The molecule has 2 N–H and O–H groups in total. The van der Waals surface area contributed by atoms with E-state index in [0.717, 1.165) is 28.0 Å². The molecule has 0 saturated heterocycles. The summed E-state index contributed by atoms with van der Waals surface area (Å²) in [5.74, 6) is 1.25. The lowest BCUT2D eigenvalue weighted by Gasteiger charge is -2.11. The Morgan fingerprint density at radius 1 is 0.636 bits per heavy atom. The lowest BCUT2D eigenvalue weighted by Crippen LogP contribution is -1.89. The highest BCUT2D eigenvalue weighted by molar-refractivity contribution is 5.76. The first-order chi connectivity index (χ1) is 10.7. The van der Waals surface area contributed by atoms with Gasteiger partial charge in [0, 0.05) is 5.56 Å². The highest BCUT2D eigenvalue weighted by Gasteiger charge is 2.08. The number of ether oxygens (including phenoxy) is 1. The smallest absolute Gasteiger partial charge is 0.127 e. The number of hydrogen-bond donors (Lipinski definition) is 2. The molecule has 110 valence electrons. The van der Waals surface area contributed by atoms with Crippen LogP contribution in [0.25, 0.3) is 22.3 Å². The van der Waals surface area contributed by atoms with E-state index in [1.807, 2.05) is 42.5 Å². The lowest BCUT2D eigenvalue weighted by atomic mass is 9.99. The van der Waals surface area contributed by atoms with Crippen LogP contribution in [0.15, 0.2) is 66.7 Å². The fourth-order valence-electron chi connectivity index (χ4n) is 2.40. The van der Waals surface area contributed by atoms with Gasteiger partial charge < -0.3 is 14.9 Å². The quantitative estimate of drug-likeness (QED) is 0.750. The molecule has 0 heterocycles. The molecule has 3 nitrogen and oxygen atoms in total. The molecular formula is C19H16O3. The number of hydrogen-bond acceptors (Lipinski definition) is 3. The predicted octanol–water partition coefficient (Wildman–Crippen LogP) is 4.44. The number of benzene rings is 3. The second-order valence-electron chi connectivity index (χ2n) is 5.01.